The summed E-state index contributed by atoms with van der Waals surface area (Å²) in [6.45, 7) is 10.5. The Balaban J connectivity index is 1.66. The van der Waals surface area contributed by atoms with Crippen LogP contribution in [0.25, 0.3) is 0 Å². The third kappa shape index (κ3) is 3.61. The standard InChI is InChI=1S/C31H39NO4/c1-5-32(6-2)23-10-7-21(8-11-23)27-18-30(4)28(15-16-31(30,20(3)34)36-19-33)26-13-9-22-17-24(35)12-14-25(22)29(26)27/h7-8,10-11,17,19,26-28H,5-6,9,12-16,18H2,1-4H3/t26-,27+,28-,30-,31-/m0/s1. The Labute approximate surface area is 215 Å². The molecule has 4 aliphatic rings. The molecular weight excluding hydrogens is 450 g/mol. The van der Waals surface area contributed by atoms with Gasteiger partial charge in [-0.3, -0.25) is 14.4 Å². The molecule has 2 saturated carbocycles. The maximum absolute atomic E-state index is 13.1. The van der Waals surface area contributed by atoms with Gasteiger partial charge in [0.2, 0.25) is 0 Å². The van der Waals surface area contributed by atoms with Crippen molar-refractivity contribution in [3.8, 4) is 0 Å². The fourth-order valence-corrected chi connectivity index (χ4v) is 8.39. The first kappa shape index (κ1) is 25.0. The van der Waals surface area contributed by atoms with Crippen LogP contribution in [-0.2, 0) is 19.1 Å². The summed E-state index contributed by atoms with van der Waals surface area (Å²) in [5.74, 6) is 0.971. The Kier molecular flexibility index (Phi) is 6.46. The highest BCUT2D eigenvalue weighted by Crippen LogP contribution is 2.67. The van der Waals surface area contributed by atoms with Crippen LogP contribution in [-0.4, -0.2) is 36.7 Å². The lowest BCUT2D eigenvalue weighted by molar-refractivity contribution is -0.173. The molecule has 36 heavy (non-hydrogen) atoms. The molecule has 5 atom stereocenters. The van der Waals surface area contributed by atoms with E-state index in [2.05, 4.69) is 49.9 Å². The van der Waals surface area contributed by atoms with Crippen molar-refractivity contribution in [2.45, 2.75) is 84.2 Å². The molecule has 1 aromatic rings. The van der Waals surface area contributed by atoms with Crippen molar-refractivity contribution in [2.24, 2.45) is 17.3 Å². The number of Topliss-reactive ketones (excluding diaryl/α,β-unsaturated/α-hetero) is 1. The number of fused-ring (bicyclic) bond motifs is 4. The summed E-state index contributed by atoms with van der Waals surface area (Å²) in [5, 5.41) is 0. The van der Waals surface area contributed by atoms with Gasteiger partial charge in [0.1, 0.15) is 0 Å². The third-order valence-electron chi connectivity index (χ3n) is 10.1. The molecule has 5 nitrogen and oxygen atoms in total. The number of ketones is 2. The van der Waals surface area contributed by atoms with Gasteiger partial charge in [-0.25, -0.2) is 0 Å². The second-order valence-corrected chi connectivity index (χ2v) is 11.4. The van der Waals surface area contributed by atoms with Crippen LogP contribution in [0.1, 0.15) is 84.1 Å². The van der Waals surface area contributed by atoms with Crippen LogP contribution in [0.15, 0.2) is 47.1 Å². The number of carbonyl (C=O) groups is 3. The summed E-state index contributed by atoms with van der Waals surface area (Å²) < 4.78 is 5.78. The van der Waals surface area contributed by atoms with E-state index in [0.717, 1.165) is 45.2 Å². The van der Waals surface area contributed by atoms with E-state index in [-0.39, 0.29) is 23.4 Å². The lowest BCUT2D eigenvalue weighted by atomic mass is 9.50. The summed E-state index contributed by atoms with van der Waals surface area (Å²) >= 11 is 0. The van der Waals surface area contributed by atoms with Gasteiger partial charge in [0.15, 0.2) is 17.2 Å². The minimum atomic E-state index is -1.06. The first-order valence-corrected chi connectivity index (χ1v) is 13.7. The lowest BCUT2D eigenvalue weighted by Gasteiger charge is -2.54. The van der Waals surface area contributed by atoms with Crippen LogP contribution in [0.5, 0.6) is 0 Å². The van der Waals surface area contributed by atoms with Crippen LogP contribution in [0.2, 0.25) is 0 Å². The van der Waals surface area contributed by atoms with Crippen molar-refractivity contribution >= 4 is 23.7 Å². The SMILES string of the molecule is CCN(CC)c1ccc([C@H]2C[C@@]3(C)[C@@H](CC[C@]3(OC=O)C(C)=O)[C@@H]3CCC4=CC(=O)CCC4=C32)cc1. The maximum atomic E-state index is 13.1. The van der Waals surface area contributed by atoms with Crippen LogP contribution >= 0.6 is 0 Å². The second kappa shape index (κ2) is 9.32. The molecule has 0 heterocycles. The quantitative estimate of drug-likeness (QED) is 0.444. The minimum absolute atomic E-state index is 0.0361. The highest BCUT2D eigenvalue weighted by Gasteiger charge is 2.66. The third-order valence-corrected chi connectivity index (χ3v) is 10.1. The van der Waals surface area contributed by atoms with E-state index >= 15 is 0 Å². The number of rotatable bonds is 7. The van der Waals surface area contributed by atoms with Gasteiger partial charge in [-0.15, -0.1) is 0 Å². The molecule has 0 N–H and O–H groups in total. The Hall–Kier alpha value is -2.69. The number of carbonyl (C=O) groups excluding carboxylic acids is 3. The summed E-state index contributed by atoms with van der Waals surface area (Å²) in [6.07, 6.45) is 7.44. The van der Waals surface area contributed by atoms with Gasteiger partial charge in [0.25, 0.3) is 6.47 Å². The molecular formula is C31H39NO4. The van der Waals surface area contributed by atoms with Gasteiger partial charge < -0.3 is 9.64 Å². The Morgan fingerprint density at radius 3 is 2.47 bits per heavy atom. The number of hydrogen-bond acceptors (Lipinski definition) is 5. The summed E-state index contributed by atoms with van der Waals surface area (Å²) in [4.78, 5) is 39.4. The fourth-order valence-electron chi connectivity index (χ4n) is 8.39. The summed E-state index contributed by atoms with van der Waals surface area (Å²) in [6, 6.07) is 8.94. The molecule has 0 aromatic heterocycles. The van der Waals surface area contributed by atoms with Gasteiger partial charge in [0, 0.05) is 36.5 Å². The largest absolute Gasteiger partial charge is 0.453 e. The predicted octanol–water partition coefficient (Wildman–Crippen LogP) is 5.93. The molecule has 0 bridgehead atoms. The van der Waals surface area contributed by atoms with E-state index in [1.165, 1.54) is 28.0 Å². The topological polar surface area (TPSA) is 63.7 Å². The number of nitrogens with zero attached hydrogens (tertiary/aromatic N) is 1. The summed E-state index contributed by atoms with van der Waals surface area (Å²) in [7, 11) is 0. The van der Waals surface area contributed by atoms with Gasteiger partial charge in [-0.1, -0.05) is 24.6 Å². The normalized spacial score (nSPS) is 33.3. The van der Waals surface area contributed by atoms with Crippen molar-refractivity contribution in [3.63, 3.8) is 0 Å². The van der Waals surface area contributed by atoms with Crippen molar-refractivity contribution < 1.29 is 19.1 Å². The molecule has 0 aliphatic heterocycles. The van der Waals surface area contributed by atoms with Crippen molar-refractivity contribution in [1.29, 1.82) is 0 Å². The molecule has 0 spiro atoms. The molecule has 1 aromatic carbocycles. The average Bonchev–Trinajstić information content (AvgIpc) is 3.17. The van der Waals surface area contributed by atoms with E-state index in [4.69, 9.17) is 4.74 Å². The zero-order valence-electron chi connectivity index (χ0n) is 22.1. The van der Waals surface area contributed by atoms with Crippen molar-refractivity contribution in [1.82, 2.24) is 0 Å². The van der Waals surface area contributed by atoms with Crippen LogP contribution in [0.4, 0.5) is 5.69 Å². The Morgan fingerprint density at radius 1 is 1.11 bits per heavy atom. The molecule has 5 rings (SSSR count). The number of ether oxygens (including phenoxy) is 1. The lowest BCUT2D eigenvalue weighted by Crippen LogP contribution is -2.56. The molecule has 0 saturated heterocycles. The number of hydrogen-bond donors (Lipinski definition) is 0. The fraction of sp³-hybridized carbons (Fsp3) is 0.581. The zero-order chi connectivity index (χ0) is 25.7. The molecule has 0 unspecified atom stereocenters. The smallest absolute Gasteiger partial charge is 0.294 e. The van der Waals surface area contributed by atoms with E-state index in [1.807, 2.05) is 6.08 Å². The molecule has 192 valence electrons. The van der Waals surface area contributed by atoms with Gasteiger partial charge in [0.05, 0.1) is 0 Å². The van der Waals surface area contributed by atoms with E-state index in [0.29, 0.717) is 25.2 Å². The Bertz CT molecular complexity index is 1130. The van der Waals surface area contributed by atoms with Gasteiger partial charge in [-0.2, -0.15) is 0 Å². The van der Waals surface area contributed by atoms with Crippen molar-refractivity contribution in [3.05, 3.63) is 52.6 Å². The van der Waals surface area contributed by atoms with E-state index in [9.17, 15) is 14.4 Å². The molecule has 5 heteroatoms. The highest BCUT2D eigenvalue weighted by molar-refractivity contribution is 5.93. The van der Waals surface area contributed by atoms with E-state index < -0.39 is 11.0 Å². The number of anilines is 1. The molecule has 0 radical (unpaired) electrons. The minimum Gasteiger partial charge on any atom is -0.453 e. The maximum Gasteiger partial charge on any atom is 0.294 e. The van der Waals surface area contributed by atoms with Crippen LogP contribution in [0, 0.1) is 17.3 Å². The molecule has 4 aliphatic carbocycles. The first-order valence-electron chi connectivity index (χ1n) is 13.7. The zero-order valence-corrected chi connectivity index (χ0v) is 22.1. The van der Waals surface area contributed by atoms with Crippen LogP contribution in [0.3, 0.4) is 0 Å². The number of benzene rings is 1. The molecule has 2 fully saturated rings. The van der Waals surface area contributed by atoms with Crippen LogP contribution < -0.4 is 4.90 Å². The first-order chi connectivity index (χ1) is 17.3. The van der Waals surface area contributed by atoms with Crippen molar-refractivity contribution in [2.75, 3.05) is 18.0 Å². The van der Waals surface area contributed by atoms with Gasteiger partial charge in [-0.05, 0) is 106 Å². The highest BCUT2D eigenvalue weighted by atomic mass is 16.5. The van der Waals surface area contributed by atoms with Gasteiger partial charge >= 0.3 is 0 Å². The number of allylic oxidation sites excluding steroid dienone is 4. The predicted molar refractivity (Wildman–Crippen MR) is 141 cm³/mol. The summed E-state index contributed by atoms with van der Waals surface area (Å²) in [5.41, 5.74) is 5.09. The Morgan fingerprint density at radius 2 is 1.83 bits per heavy atom. The average molecular weight is 490 g/mol. The second-order valence-electron chi connectivity index (χ2n) is 11.4. The monoisotopic (exact) mass is 489 g/mol. The molecule has 0 amide bonds. The van der Waals surface area contributed by atoms with E-state index in [1.54, 1.807) is 6.92 Å².